The molecular formula is C54H104N2O5S. The number of hydrogen-bond acceptors (Lipinski definition) is 7. The summed E-state index contributed by atoms with van der Waals surface area (Å²) in [5.74, 6) is 0.909. The number of nitrogens with zero attached hydrogens (tertiary/aromatic N) is 1. The smallest absolute Gasteiger partial charge is 0.310 e. The van der Waals surface area contributed by atoms with Crippen LogP contribution in [-0.4, -0.2) is 73.6 Å². The summed E-state index contributed by atoms with van der Waals surface area (Å²) >= 11 is 1.58. The van der Waals surface area contributed by atoms with Crippen LogP contribution in [0.5, 0.6) is 0 Å². The van der Waals surface area contributed by atoms with Gasteiger partial charge in [-0.2, -0.15) is 11.8 Å². The van der Waals surface area contributed by atoms with Crippen molar-refractivity contribution in [2.24, 2.45) is 17.8 Å². The molecule has 8 heteroatoms. The van der Waals surface area contributed by atoms with E-state index in [2.05, 4.69) is 45.0 Å². The molecule has 0 bridgehead atoms. The number of amides is 1. The molecule has 1 N–H and O–H groups in total. The van der Waals surface area contributed by atoms with Crippen LogP contribution in [0.3, 0.4) is 0 Å². The number of hydrogen-bond donors (Lipinski definition) is 1. The Labute approximate surface area is 389 Å². The number of thioether (sulfide) groups is 1. The Balaban J connectivity index is 2.69. The minimum absolute atomic E-state index is 0.0605. The van der Waals surface area contributed by atoms with Crippen molar-refractivity contribution in [3.63, 3.8) is 0 Å². The molecule has 1 heterocycles. The molecule has 3 atom stereocenters. The molecule has 0 aromatic heterocycles. The number of ether oxygens (including phenoxy) is 2. The molecule has 0 aromatic carbocycles. The van der Waals surface area contributed by atoms with Gasteiger partial charge in [-0.1, -0.05) is 207 Å². The number of carbonyl (C=O) groups excluding carboxylic acids is 3. The molecule has 0 spiro atoms. The number of nitrogens with one attached hydrogen (secondary N) is 1. The van der Waals surface area contributed by atoms with Crippen LogP contribution in [0, 0.1) is 17.8 Å². The fourth-order valence-electron chi connectivity index (χ4n) is 9.04. The summed E-state index contributed by atoms with van der Waals surface area (Å²) in [6, 6.07) is 0.159. The Hall–Kier alpha value is -1.28. The van der Waals surface area contributed by atoms with Crippen molar-refractivity contribution in [3.05, 3.63) is 0 Å². The molecule has 1 saturated heterocycles. The van der Waals surface area contributed by atoms with Gasteiger partial charge in [-0.15, -0.1) is 0 Å². The first-order valence-corrected chi connectivity index (χ1v) is 28.4. The summed E-state index contributed by atoms with van der Waals surface area (Å²) in [5, 5.41) is 3.22. The molecule has 0 aromatic rings. The van der Waals surface area contributed by atoms with E-state index in [1.807, 2.05) is 0 Å². The van der Waals surface area contributed by atoms with E-state index in [9.17, 15) is 14.4 Å². The summed E-state index contributed by atoms with van der Waals surface area (Å²) in [6.45, 7) is 12.0. The Bertz CT molecular complexity index is 1020. The summed E-state index contributed by atoms with van der Waals surface area (Å²) in [4.78, 5) is 42.4. The highest BCUT2D eigenvalue weighted by Gasteiger charge is 2.27. The summed E-state index contributed by atoms with van der Waals surface area (Å²) in [6.07, 6.45) is 43.3. The maximum atomic E-state index is 13.7. The molecule has 0 aliphatic carbocycles. The second-order valence-corrected chi connectivity index (χ2v) is 20.7. The predicted octanol–water partition coefficient (Wildman–Crippen LogP) is 15.2. The minimum atomic E-state index is -0.519. The highest BCUT2D eigenvalue weighted by Crippen LogP contribution is 2.24. The normalized spacial score (nSPS) is 15.0. The molecule has 1 aliphatic heterocycles. The maximum Gasteiger partial charge on any atom is 0.310 e. The largest absolute Gasteiger partial charge is 0.465 e. The second kappa shape index (κ2) is 43.6. The third-order valence-electron chi connectivity index (χ3n) is 13.4. The van der Waals surface area contributed by atoms with Crippen LogP contribution >= 0.6 is 11.8 Å². The summed E-state index contributed by atoms with van der Waals surface area (Å²) < 4.78 is 12.0. The van der Waals surface area contributed by atoms with Crippen molar-refractivity contribution in [2.45, 2.75) is 265 Å². The Kier molecular flexibility index (Phi) is 41.3. The van der Waals surface area contributed by atoms with Gasteiger partial charge < -0.3 is 19.7 Å². The van der Waals surface area contributed by atoms with Gasteiger partial charge in [-0.3, -0.25) is 14.4 Å². The van der Waals surface area contributed by atoms with Gasteiger partial charge in [0.25, 0.3) is 0 Å². The molecule has 0 radical (unpaired) electrons. The lowest BCUT2D eigenvalue weighted by atomic mass is 9.94. The van der Waals surface area contributed by atoms with Crippen LogP contribution in [0.1, 0.15) is 259 Å². The molecule has 3 unspecified atom stereocenters. The first kappa shape index (κ1) is 58.7. The molecular weight excluding hydrogens is 789 g/mol. The van der Waals surface area contributed by atoms with Gasteiger partial charge in [0.2, 0.25) is 5.91 Å². The number of likely N-dealkylation sites (tertiary alicyclic amines) is 1. The van der Waals surface area contributed by atoms with E-state index < -0.39 is 5.92 Å². The highest BCUT2D eigenvalue weighted by atomic mass is 32.2. The second-order valence-electron chi connectivity index (χ2n) is 19.6. The van der Waals surface area contributed by atoms with Crippen LogP contribution < -0.4 is 5.32 Å². The van der Waals surface area contributed by atoms with Gasteiger partial charge in [0.05, 0.1) is 25.6 Å². The number of piperidine rings is 1. The lowest BCUT2D eigenvalue weighted by Crippen LogP contribution is -2.44. The third kappa shape index (κ3) is 36.0. The van der Waals surface area contributed by atoms with E-state index in [1.54, 1.807) is 11.8 Å². The van der Waals surface area contributed by atoms with E-state index in [0.29, 0.717) is 43.0 Å². The van der Waals surface area contributed by atoms with E-state index in [0.717, 1.165) is 51.6 Å². The van der Waals surface area contributed by atoms with E-state index in [-0.39, 0.29) is 30.3 Å². The molecule has 1 aliphatic rings. The Morgan fingerprint density at radius 2 is 0.919 bits per heavy atom. The monoisotopic (exact) mass is 893 g/mol. The third-order valence-corrected chi connectivity index (χ3v) is 14.6. The Morgan fingerprint density at radius 3 is 1.34 bits per heavy atom. The molecule has 1 rings (SSSR count). The topological polar surface area (TPSA) is 84.9 Å². The first-order valence-electron chi connectivity index (χ1n) is 27.2. The Morgan fingerprint density at radius 1 is 0.548 bits per heavy atom. The molecule has 1 fully saturated rings. The van der Waals surface area contributed by atoms with Crippen LogP contribution in [-0.2, 0) is 23.9 Å². The van der Waals surface area contributed by atoms with E-state index >= 15 is 0 Å². The van der Waals surface area contributed by atoms with Crippen LogP contribution in [0.4, 0.5) is 0 Å². The van der Waals surface area contributed by atoms with Crippen molar-refractivity contribution >= 4 is 29.6 Å². The van der Waals surface area contributed by atoms with Gasteiger partial charge in [-0.05, 0) is 70.5 Å². The zero-order chi connectivity index (χ0) is 45.1. The highest BCUT2D eigenvalue weighted by molar-refractivity contribution is 7.99. The van der Waals surface area contributed by atoms with Crippen LogP contribution in [0.25, 0.3) is 0 Å². The number of rotatable bonds is 45. The maximum absolute atomic E-state index is 13.7. The van der Waals surface area contributed by atoms with Gasteiger partial charge in [0.15, 0.2) is 0 Å². The SMILES string of the molecule is CCCCCCCCCCCCC(CCCCCCCCCC)COC(=O)CCSCC(CC(=O)NC1CCN(C)CC1)C(=O)OCC(CCCCCC)CCCCCCCC. The molecule has 366 valence electrons. The molecule has 62 heavy (non-hydrogen) atoms. The van der Waals surface area contributed by atoms with Gasteiger partial charge in [0.1, 0.15) is 0 Å². The lowest BCUT2D eigenvalue weighted by molar-refractivity contribution is -0.151. The van der Waals surface area contributed by atoms with E-state index in [1.165, 1.54) is 180 Å². The van der Waals surface area contributed by atoms with Crippen LogP contribution in [0.15, 0.2) is 0 Å². The zero-order valence-electron chi connectivity index (χ0n) is 41.9. The zero-order valence-corrected chi connectivity index (χ0v) is 42.7. The van der Waals surface area contributed by atoms with Crippen LogP contribution in [0.2, 0.25) is 0 Å². The van der Waals surface area contributed by atoms with Crippen molar-refractivity contribution in [1.82, 2.24) is 10.2 Å². The fourth-order valence-corrected chi connectivity index (χ4v) is 10.1. The van der Waals surface area contributed by atoms with E-state index in [4.69, 9.17) is 9.47 Å². The minimum Gasteiger partial charge on any atom is -0.465 e. The quantitative estimate of drug-likeness (QED) is 0.0481. The standard InChI is InChI=1S/C54H104N2O5S/c1-6-10-14-18-21-23-24-26-29-33-36-48(35-32-28-25-22-19-15-11-7-2)45-60-53(58)40-43-62-47-50(44-52(57)55-51-38-41-56(5)42-39-51)54(59)61-46-49(34-30-17-13-9-4)37-31-27-20-16-12-8-3/h48-51H,6-47H2,1-5H3,(H,55,57). The van der Waals surface area contributed by atoms with Crippen molar-refractivity contribution in [3.8, 4) is 0 Å². The molecule has 1 amide bonds. The average Bonchev–Trinajstić information content (AvgIpc) is 3.27. The number of esters is 2. The molecule has 0 saturated carbocycles. The summed E-state index contributed by atoms with van der Waals surface area (Å²) in [5.41, 5.74) is 0. The van der Waals surface area contributed by atoms with Crippen molar-refractivity contribution in [1.29, 1.82) is 0 Å². The number of carbonyl (C=O) groups is 3. The first-order chi connectivity index (χ1) is 30.3. The van der Waals surface area contributed by atoms with Crippen molar-refractivity contribution < 1.29 is 23.9 Å². The van der Waals surface area contributed by atoms with Gasteiger partial charge in [-0.25, -0.2) is 0 Å². The number of unbranched alkanes of at least 4 members (excludes halogenated alkanes) is 24. The van der Waals surface area contributed by atoms with Crippen molar-refractivity contribution in [2.75, 3.05) is 44.9 Å². The summed E-state index contributed by atoms with van der Waals surface area (Å²) in [7, 11) is 2.12. The predicted molar refractivity (Wildman–Crippen MR) is 268 cm³/mol. The average molecular weight is 894 g/mol. The molecule has 7 nitrogen and oxygen atoms in total. The van der Waals surface area contributed by atoms with Gasteiger partial charge in [0, 0.05) is 24.0 Å². The van der Waals surface area contributed by atoms with Gasteiger partial charge >= 0.3 is 11.9 Å². The lowest BCUT2D eigenvalue weighted by Gasteiger charge is -2.29. The fraction of sp³-hybridized carbons (Fsp3) is 0.944.